The van der Waals surface area contributed by atoms with Gasteiger partial charge in [0.25, 0.3) is 0 Å². The van der Waals surface area contributed by atoms with Crippen molar-refractivity contribution in [1.82, 2.24) is 9.97 Å². The van der Waals surface area contributed by atoms with E-state index in [9.17, 15) is 14.9 Å². The molecule has 1 aromatic heterocycles. The topological polar surface area (TPSA) is 120 Å². The zero-order chi connectivity index (χ0) is 23.2. The van der Waals surface area contributed by atoms with Crippen molar-refractivity contribution in [3.8, 4) is 11.5 Å². The highest BCUT2D eigenvalue weighted by Gasteiger charge is 2.32. The van der Waals surface area contributed by atoms with E-state index in [2.05, 4.69) is 15.3 Å². The van der Waals surface area contributed by atoms with Crippen LogP contribution in [0.2, 0.25) is 0 Å². The Morgan fingerprint density at radius 1 is 1.06 bits per heavy atom. The number of nitrogens with one attached hydrogen (secondary N) is 1. The molecule has 3 aromatic rings. The minimum Gasteiger partial charge on any atom is -0.469 e. The number of piperidine rings is 1. The number of nitro groups is 1. The van der Waals surface area contributed by atoms with Gasteiger partial charge >= 0.3 is 11.7 Å². The first-order valence-corrected chi connectivity index (χ1v) is 10.5. The molecule has 4 rings (SSSR count). The maximum atomic E-state index is 11.9. The molecule has 1 aliphatic rings. The summed E-state index contributed by atoms with van der Waals surface area (Å²) in [7, 11) is 1.36. The predicted molar refractivity (Wildman–Crippen MR) is 122 cm³/mol. The summed E-state index contributed by atoms with van der Waals surface area (Å²) < 4.78 is 10.6. The molecule has 0 saturated carbocycles. The van der Waals surface area contributed by atoms with E-state index in [4.69, 9.17) is 9.47 Å². The molecule has 1 fully saturated rings. The SMILES string of the molecule is COC(=O)C1CCN(c2ncnc(Nc3ccc(Oc4ccccc4)cc3)c2[N+](=O)[O-])CC1. The lowest BCUT2D eigenvalue weighted by molar-refractivity contribution is -0.383. The van der Waals surface area contributed by atoms with E-state index in [0.29, 0.717) is 43.1 Å². The number of hydrogen-bond donors (Lipinski definition) is 1. The highest BCUT2D eigenvalue weighted by Crippen LogP contribution is 2.36. The number of methoxy groups -OCH3 is 1. The Kier molecular flexibility index (Phi) is 6.63. The molecule has 1 N–H and O–H groups in total. The molecule has 0 spiro atoms. The number of carbonyl (C=O) groups excluding carboxylic acids is 1. The van der Waals surface area contributed by atoms with Gasteiger partial charge in [-0.1, -0.05) is 18.2 Å². The predicted octanol–water partition coefficient (Wildman–Crippen LogP) is 4.31. The molecule has 0 radical (unpaired) electrons. The lowest BCUT2D eigenvalue weighted by Crippen LogP contribution is -2.37. The number of carbonyl (C=O) groups is 1. The minimum absolute atomic E-state index is 0.0943. The Morgan fingerprint density at radius 2 is 1.73 bits per heavy atom. The van der Waals surface area contributed by atoms with Gasteiger partial charge in [0.15, 0.2) is 0 Å². The van der Waals surface area contributed by atoms with Crippen molar-refractivity contribution >= 4 is 29.0 Å². The first kappa shape index (κ1) is 22.0. The van der Waals surface area contributed by atoms with Crippen molar-refractivity contribution in [3.05, 3.63) is 71.0 Å². The van der Waals surface area contributed by atoms with Gasteiger partial charge in [-0.3, -0.25) is 14.9 Å². The number of aromatic nitrogens is 2. The fraction of sp³-hybridized carbons (Fsp3) is 0.261. The Hall–Kier alpha value is -4.21. The van der Waals surface area contributed by atoms with Crippen LogP contribution in [0.1, 0.15) is 12.8 Å². The van der Waals surface area contributed by atoms with Gasteiger partial charge in [-0.05, 0) is 49.2 Å². The van der Waals surface area contributed by atoms with Gasteiger partial charge in [0.05, 0.1) is 18.0 Å². The van der Waals surface area contributed by atoms with Gasteiger partial charge in [0.2, 0.25) is 11.6 Å². The molecule has 170 valence electrons. The summed E-state index contributed by atoms with van der Waals surface area (Å²) in [5, 5.41) is 14.9. The third kappa shape index (κ3) is 5.17. The molecule has 0 bridgehead atoms. The molecular weight excluding hydrogens is 426 g/mol. The molecule has 0 atom stereocenters. The van der Waals surface area contributed by atoms with E-state index in [0.717, 1.165) is 0 Å². The van der Waals surface area contributed by atoms with Crippen LogP contribution in [0.15, 0.2) is 60.9 Å². The second-order valence-corrected chi connectivity index (χ2v) is 7.50. The molecule has 2 heterocycles. The lowest BCUT2D eigenvalue weighted by atomic mass is 9.97. The summed E-state index contributed by atoms with van der Waals surface area (Å²) in [6, 6.07) is 16.4. The number of benzene rings is 2. The summed E-state index contributed by atoms with van der Waals surface area (Å²) in [5.74, 6) is 1.21. The Morgan fingerprint density at radius 3 is 2.36 bits per heavy atom. The quantitative estimate of drug-likeness (QED) is 0.319. The monoisotopic (exact) mass is 449 g/mol. The minimum atomic E-state index is -0.489. The van der Waals surface area contributed by atoms with E-state index in [-0.39, 0.29) is 29.2 Å². The lowest BCUT2D eigenvalue weighted by Gasteiger charge is -2.31. The van der Waals surface area contributed by atoms with Crippen molar-refractivity contribution in [3.63, 3.8) is 0 Å². The van der Waals surface area contributed by atoms with Gasteiger partial charge in [-0.15, -0.1) is 0 Å². The van der Waals surface area contributed by atoms with Crippen molar-refractivity contribution in [1.29, 1.82) is 0 Å². The highest BCUT2D eigenvalue weighted by molar-refractivity contribution is 5.76. The maximum Gasteiger partial charge on any atom is 0.353 e. The first-order chi connectivity index (χ1) is 16.0. The molecule has 1 saturated heterocycles. The van der Waals surface area contributed by atoms with Gasteiger partial charge in [-0.2, -0.15) is 0 Å². The van der Waals surface area contributed by atoms with E-state index in [1.807, 2.05) is 30.3 Å². The third-order valence-electron chi connectivity index (χ3n) is 5.41. The van der Waals surface area contributed by atoms with Crippen LogP contribution in [0.3, 0.4) is 0 Å². The van der Waals surface area contributed by atoms with Crippen LogP contribution < -0.4 is 15.0 Å². The van der Waals surface area contributed by atoms with Crippen molar-refractivity contribution in [2.45, 2.75) is 12.8 Å². The van der Waals surface area contributed by atoms with Gasteiger partial charge in [0.1, 0.15) is 17.8 Å². The molecule has 0 unspecified atom stereocenters. The van der Waals surface area contributed by atoms with Crippen LogP contribution in [-0.4, -0.2) is 41.1 Å². The molecular formula is C23H23N5O5. The number of hydrogen-bond acceptors (Lipinski definition) is 9. The summed E-state index contributed by atoms with van der Waals surface area (Å²) in [6.45, 7) is 0.922. The number of ether oxygens (including phenoxy) is 2. The molecule has 1 aliphatic heterocycles. The Balaban J connectivity index is 1.50. The van der Waals surface area contributed by atoms with E-state index >= 15 is 0 Å². The summed E-state index contributed by atoms with van der Waals surface area (Å²) in [6.07, 6.45) is 2.38. The molecule has 10 heteroatoms. The van der Waals surface area contributed by atoms with E-state index in [1.165, 1.54) is 13.4 Å². The van der Waals surface area contributed by atoms with E-state index in [1.54, 1.807) is 29.2 Å². The average molecular weight is 449 g/mol. The Bertz CT molecular complexity index is 1120. The smallest absolute Gasteiger partial charge is 0.353 e. The van der Waals surface area contributed by atoms with Gasteiger partial charge < -0.3 is 19.7 Å². The normalized spacial score (nSPS) is 13.9. The second-order valence-electron chi connectivity index (χ2n) is 7.50. The summed E-state index contributed by atoms with van der Waals surface area (Å²) in [5.41, 5.74) is 0.409. The molecule has 0 aliphatic carbocycles. The fourth-order valence-electron chi connectivity index (χ4n) is 3.72. The second kappa shape index (κ2) is 9.94. The summed E-state index contributed by atoms with van der Waals surface area (Å²) in [4.78, 5) is 33.3. The number of esters is 1. The zero-order valence-corrected chi connectivity index (χ0v) is 18.0. The van der Waals surface area contributed by atoms with Crippen LogP contribution in [0.4, 0.5) is 23.0 Å². The maximum absolute atomic E-state index is 11.9. The van der Waals surface area contributed by atoms with Crippen LogP contribution >= 0.6 is 0 Å². The molecule has 0 amide bonds. The van der Waals surface area contributed by atoms with Gasteiger partial charge in [0, 0.05) is 18.8 Å². The van der Waals surface area contributed by atoms with Crippen LogP contribution in [0, 0.1) is 16.0 Å². The molecule has 33 heavy (non-hydrogen) atoms. The fourth-order valence-corrected chi connectivity index (χ4v) is 3.72. The summed E-state index contributed by atoms with van der Waals surface area (Å²) >= 11 is 0. The number of para-hydroxylation sites is 1. The first-order valence-electron chi connectivity index (χ1n) is 10.5. The largest absolute Gasteiger partial charge is 0.469 e. The molecule has 10 nitrogen and oxygen atoms in total. The number of rotatable bonds is 7. The number of nitrogens with zero attached hydrogens (tertiary/aromatic N) is 4. The van der Waals surface area contributed by atoms with Crippen molar-refractivity contribution in [2.24, 2.45) is 5.92 Å². The van der Waals surface area contributed by atoms with Crippen molar-refractivity contribution in [2.75, 3.05) is 30.4 Å². The van der Waals surface area contributed by atoms with Gasteiger partial charge in [-0.25, -0.2) is 9.97 Å². The highest BCUT2D eigenvalue weighted by atomic mass is 16.6. The Labute approximate surface area is 190 Å². The third-order valence-corrected chi connectivity index (χ3v) is 5.41. The standard InChI is InChI=1S/C23H23N5O5/c1-32-23(29)16-11-13-27(14-12-16)22-20(28(30)31)21(24-15-25-22)26-17-7-9-19(10-8-17)33-18-5-3-2-4-6-18/h2-10,15-16H,11-14H2,1H3,(H,24,25,26). The zero-order valence-electron chi connectivity index (χ0n) is 18.0. The van der Waals surface area contributed by atoms with E-state index < -0.39 is 4.92 Å². The average Bonchev–Trinajstić information content (AvgIpc) is 2.85. The van der Waals surface area contributed by atoms with Crippen molar-refractivity contribution < 1.29 is 19.2 Å². The number of anilines is 3. The van der Waals surface area contributed by atoms with Crippen LogP contribution in [0.25, 0.3) is 0 Å². The van der Waals surface area contributed by atoms with Crippen LogP contribution in [-0.2, 0) is 9.53 Å². The molecule has 2 aromatic carbocycles. The van der Waals surface area contributed by atoms with Crippen LogP contribution in [0.5, 0.6) is 11.5 Å².